The molecule has 2 N–H and O–H groups in total. The van der Waals surface area contributed by atoms with Crippen LogP contribution in [0.2, 0.25) is 0 Å². The zero-order chi connectivity index (χ0) is 15.1. The van der Waals surface area contributed by atoms with Crippen molar-refractivity contribution in [2.45, 2.75) is 51.6 Å². The molecule has 124 valence electrons. The van der Waals surface area contributed by atoms with E-state index in [9.17, 15) is 4.79 Å². The second-order valence-electron chi connectivity index (χ2n) is 5.91. The number of rotatable bonds is 6. The fourth-order valence-corrected chi connectivity index (χ4v) is 2.69. The van der Waals surface area contributed by atoms with Gasteiger partial charge in [0.25, 0.3) is 0 Å². The molecule has 1 heterocycles. The highest BCUT2D eigenvalue weighted by molar-refractivity contribution is 5.85. The number of carbonyl (C=O) groups excluding carboxylic acids is 1. The second kappa shape index (κ2) is 9.70. The van der Waals surface area contributed by atoms with Gasteiger partial charge >= 0.3 is 0 Å². The minimum absolute atomic E-state index is 0. The Bertz CT molecular complexity index is 468. The van der Waals surface area contributed by atoms with Crippen LogP contribution in [0, 0.1) is 6.92 Å². The summed E-state index contributed by atoms with van der Waals surface area (Å²) in [5.74, 6) is 1.02. The minimum atomic E-state index is 0. The van der Waals surface area contributed by atoms with Gasteiger partial charge in [-0.2, -0.15) is 0 Å². The topological polar surface area (TPSA) is 50.4 Å². The van der Waals surface area contributed by atoms with Gasteiger partial charge in [0.2, 0.25) is 5.91 Å². The van der Waals surface area contributed by atoms with Crippen molar-refractivity contribution in [3.8, 4) is 5.75 Å². The van der Waals surface area contributed by atoms with Gasteiger partial charge in [0.15, 0.2) is 0 Å². The van der Waals surface area contributed by atoms with Crippen molar-refractivity contribution in [3.63, 3.8) is 0 Å². The van der Waals surface area contributed by atoms with Crippen molar-refractivity contribution in [1.82, 2.24) is 10.6 Å². The van der Waals surface area contributed by atoms with Gasteiger partial charge in [-0.05, 0) is 57.4 Å². The Morgan fingerprint density at radius 2 is 2.27 bits per heavy atom. The van der Waals surface area contributed by atoms with Gasteiger partial charge in [0, 0.05) is 18.5 Å². The van der Waals surface area contributed by atoms with Gasteiger partial charge in [0.1, 0.15) is 5.75 Å². The SMILES string of the molecule is Cc1cccc(OCCCC(=O)NC2CCNC(C)C2)c1.Cl. The van der Waals surface area contributed by atoms with E-state index in [1.165, 1.54) is 5.56 Å². The van der Waals surface area contributed by atoms with Crippen molar-refractivity contribution in [2.24, 2.45) is 0 Å². The van der Waals surface area contributed by atoms with Gasteiger partial charge in [-0.25, -0.2) is 0 Å². The maximum absolute atomic E-state index is 11.9. The third-order valence-corrected chi connectivity index (χ3v) is 3.80. The number of piperidine rings is 1. The summed E-state index contributed by atoms with van der Waals surface area (Å²) in [4.78, 5) is 11.9. The summed E-state index contributed by atoms with van der Waals surface area (Å²) in [6, 6.07) is 8.80. The molecule has 2 atom stereocenters. The fourth-order valence-electron chi connectivity index (χ4n) is 2.69. The lowest BCUT2D eigenvalue weighted by molar-refractivity contribution is -0.122. The molecule has 1 saturated heterocycles. The van der Waals surface area contributed by atoms with Crippen LogP contribution in [0.25, 0.3) is 0 Å². The maximum atomic E-state index is 11.9. The zero-order valence-electron chi connectivity index (χ0n) is 13.4. The lowest BCUT2D eigenvalue weighted by Gasteiger charge is -2.28. The van der Waals surface area contributed by atoms with Crippen molar-refractivity contribution < 1.29 is 9.53 Å². The van der Waals surface area contributed by atoms with Crippen LogP contribution in [0.15, 0.2) is 24.3 Å². The molecular weight excluding hydrogens is 300 g/mol. The van der Waals surface area contributed by atoms with Gasteiger partial charge in [-0.1, -0.05) is 12.1 Å². The predicted molar refractivity (Wildman–Crippen MR) is 91.8 cm³/mol. The number of hydrogen-bond donors (Lipinski definition) is 2. The molecule has 2 unspecified atom stereocenters. The first kappa shape index (κ1) is 18.8. The Hall–Kier alpha value is -1.26. The van der Waals surface area contributed by atoms with Crippen molar-refractivity contribution in [3.05, 3.63) is 29.8 Å². The molecule has 5 heteroatoms. The maximum Gasteiger partial charge on any atom is 0.220 e. The van der Waals surface area contributed by atoms with E-state index in [-0.39, 0.29) is 18.3 Å². The lowest BCUT2D eigenvalue weighted by Crippen LogP contribution is -2.46. The minimum Gasteiger partial charge on any atom is -0.494 e. The molecule has 2 rings (SSSR count). The third kappa shape index (κ3) is 6.67. The monoisotopic (exact) mass is 326 g/mol. The lowest BCUT2D eigenvalue weighted by atomic mass is 10.0. The van der Waals surface area contributed by atoms with Crippen LogP contribution in [0.3, 0.4) is 0 Å². The molecule has 0 radical (unpaired) electrons. The molecule has 0 saturated carbocycles. The van der Waals surface area contributed by atoms with E-state index in [0.717, 1.165) is 31.6 Å². The molecule has 1 fully saturated rings. The Morgan fingerprint density at radius 3 is 3.00 bits per heavy atom. The Balaban J connectivity index is 0.00000242. The Kier molecular flexibility index (Phi) is 8.28. The first-order valence-electron chi connectivity index (χ1n) is 7.85. The van der Waals surface area contributed by atoms with Gasteiger partial charge in [-0.15, -0.1) is 12.4 Å². The highest BCUT2D eigenvalue weighted by atomic mass is 35.5. The number of nitrogens with one attached hydrogen (secondary N) is 2. The van der Waals surface area contributed by atoms with Crippen LogP contribution in [-0.2, 0) is 4.79 Å². The molecule has 1 aromatic carbocycles. The van der Waals surface area contributed by atoms with Crippen LogP contribution in [0.5, 0.6) is 5.75 Å². The number of hydrogen-bond acceptors (Lipinski definition) is 3. The predicted octanol–water partition coefficient (Wildman–Crippen LogP) is 2.83. The van der Waals surface area contributed by atoms with Crippen molar-refractivity contribution in [1.29, 1.82) is 0 Å². The quantitative estimate of drug-likeness (QED) is 0.790. The average Bonchev–Trinajstić information content (AvgIpc) is 2.44. The first-order valence-corrected chi connectivity index (χ1v) is 7.85. The standard InChI is InChI=1S/C17H26N2O2.ClH/c1-13-5-3-6-16(11-13)21-10-4-7-17(20)19-15-8-9-18-14(2)12-15;/h3,5-6,11,14-15,18H,4,7-10,12H2,1-2H3,(H,19,20);1H. The van der Waals surface area contributed by atoms with Crippen molar-refractivity contribution in [2.75, 3.05) is 13.2 Å². The molecule has 1 aliphatic heterocycles. The van der Waals surface area contributed by atoms with E-state index in [0.29, 0.717) is 25.1 Å². The van der Waals surface area contributed by atoms with Crippen LogP contribution < -0.4 is 15.4 Å². The molecule has 4 nitrogen and oxygen atoms in total. The number of aryl methyl sites for hydroxylation is 1. The third-order valence-electron chi connectivity index (χ3n) is 3.80. The molecule has 0 spiro atoms. The number of amides is 1. The second-order valence-corrected chi connectivity index (χ2v) is 5.91. The largest absolute Gasteiger partial charge is 0.494 e. The summed E-state index contributed by atoms with van der Waals surface area (Å²) >= 11 is 0. The molecular formula is C17H27ClN2O2. The summed E-state index contributed by atoms with van der Waals surface area (Å²) in [6.45, 7) is 5.77. The summed E-state index contributed by atoms with van der Waals surface area (Å²) < 4.78 is 5.65. The molecule has 22 heavy (non-hydrogen) atoms. The van der Waals surface area contributed by atoms with Crippen LogP contribution in [-0.4, -0.2) is 31.1 Å². The summed E-state index contributed by atoms with van der Waals surface area (Å²) in [7, 11) is 0. The van der Waals surface area contributed by atoms with E-state index in [2.05, 4.69) is 17.6 Å². The van der Waals surface area contributed by atoms with Gasteiger partial charge < -0.3 is 15.4 Å². The van der Waals surface area contributed by atoms with Gasteiger partial charge in [-0.3, -0.25) is 4.79 Å². The number of halogens is 1. The summed E-state index contributed by atoms with van der Waals surface area (Å²) in [5.41, 5.74) is 1.19. The average molecular weight is 327 g/mol. The van der Waals surface area contributed by atoms with E-state index >= 15 is 0 Å². The molecule has 1 aliphatic rings. The molecule has 0 aliphatic carbocycles. The van der Waals surface area contributed by atoms with E-state index in [1.54, 1.807) is 0 Å². The van der Waals surface area contributed by atoms with E-state index in [4.69, 9.17) is 4.74 Å². The zero-order valence-corrected chi connectivity index (χ0v) is 14.2. The van der Waals surface area contributed by atoms with Crippen molar-refractivity contribution >= 4 is 18.3 Å². The number of benzene rings is 1. The summed E-state index contributed by atoms with van der Waals surface area (Å²) in [5, 5.41) is 6.51. The highest BCUT2D eigenvalue weighted by Gasteiger charge is 2.19. The van der Waals surface area contributed by atoms with Crippen LogP contribution >= 0.6 is 12.4 Å². The highest BCUT2D eigenvalue weighted by Crippen LogP contribution is 2.13. The smallest absolute Gasteiger partial charge is 0.220 e. The summed E-state index contributed by atoms with van der Waals surface area (Å²) in [6.07, 6.45) is 3.33. The fraction of sp³-hybridized carbons (Fsp3) is 0.588. The first-order chi connectivity index (χ1) is 10.1. The van der Waals surface area contributed by atoms with Crippen LogP contribution in [0.1, 0.15) is 38.2 Å². The molecule has 0 aromatic heterocycles. The number of carbonyl (C=O) groups is 1. The molecule has 1 amide bonds. The van der Waals surface area contributed by atoms with Gasteiger partial charge in [0.05, 0.1) is 6.61 Å². The number of ether oxygens (including phenoxy) is 1. The Morgan fingerprint density at radius 1 is 1.45 bits per heavy atom. The normalized spacial score (nSPS) is 20.8. The van der Waals surface area contributed by atoms with E-state index in [1.807, 2.05) is 31.2 Å². The molecule has 0 bridgehead atoms. The van der Waals surface area contributed by atoms with Crippen LogP contribution in [0.4, 0.5) is 0 Å². The molecule has 1 aromatic rings. The van der Waals surface area contributed by atoms with E-state index < -0.39 is 0 Å². The Labute approximate surface area is 139 Å².